The van der Waals surface area contributed by atoms with E-state index in [0.29, 0.717) is 0 Å². The van der Waals surface area contributed by atoms with E-state index in [-0.39, 0.29) is 6.04 Å². The fourth-order valence-corrected chi connectivity index (χ4v) is 2.70. The quantitative estimate of drug-likeness (QED) is 0.917. The number of aryl methyl sites for hydroxylation is 1. The van der Waals surface area contributed by atoms with Gasteiger partial charge in [-0.15, -0.1) is 0 Å². The van der Waals surface area contributed by atoms with Crippen LogP contribution in [0.25, 0.3) is 0 Å². The van der Waals surface area contributed by atoms with Crippen molar-refractivity contribution in [2.24, 2.45) is 0 Å². The van der Waals surface area contributed by atoms with Gasteiger partial charge in [-0.05, 0) is 43.3 Å². The van der Waals surface area contributed by atoms with Gasteiger partial charge >= 0.3 is 0 Å². The van der Waals surface area contributed by atoms with Crippen LogP contribution in [0.15, 0.2) is 46.9 Å². The summed E-state index contributed by atoms with van der Waals surface area (Å²) in [6.07, 6.45) is 0. The normalized spacial score (nSPS) is 12.2. The summed E-state index contributed by atoms with van der Waals surface area (Å²) in [5, 5.41) is 3.37. The Hall–Kier alpha value is -1.32. The van der Waals surface area contributed by atoms with Crippen molar-refractivity contribution in [3.05, 3.63) is 63.6 Å². The molecule has 0 spiro atoms. The number of rotatable bonds is 4. The number of hydrogen-bond donors (Lipinski definition) is 1. The molecule has 0 radical (unpaired) electrons. The Morgan fingerprint density at radius 2 is 1.95 bits per heavy atom. The smallest absolute Gasteiger partial charge is 0.119 e. The van der Waals surface area contributed by atoms with Gasteiger partial charge in [0, 0.05) is 4.47 Å². The van der Waals surface area contributed by atoms with E-state index in [1.165, 1.54) is 16.7 Å². The van der Waals surface area contributed by atoms with Gasteiger partial charge in [0.1, 0.15) is 5.75 Å². The van der Waals surface area contributed by atoms with E-state index in [9.17, 15) is 0 Å². The zero-order chi connectivity index (χ0) is 13.8. The lowest BCUT2D eigenvalue weighted by Gasteiger charge is -2.20. The molecule has 0 saturated heterocycles. The first kappa shape index (κ1) is 14.1. The maximum Gasteiger partial charge on any atom is 0.119 e. The van der Waals surface area contributed by atoms with Gasteiger partial charge in [-0.25, -0.2) is 0 Å². The molecule has 0 heterocycles. The summed E-state index contributed by atoms with van der Waals surface area (Å²) in [4.78, 5) is 0. The molecule has 1 atom stereocenters. The number of hydrogen-bond acceptors (Lipinski definition) is 2. The average Bonchev–Trinajstić information content (AvgIpc) is 2.42. The lowest BCUT2D eigenvalue weighted by molar-refractivity contribution is 0.413. The van der Waals surface area contributed by atoms with Gasteiger partial charge in [0.2, 0.25) is 0 Å². The van der Waals surface area contributed by atoms with E-state index in [1.807, 2.05) is 19.2 Å². The van der Waals surface area contributed by atoms with E-state index in [1.54, 1.807) is 7.11 Å². The molecule has 0 fully saturated rings. The summed E-state index contributed by atoms with van der Waals surface area (Å²) < 4.78 is 6.39. The van der Waals surface area contributed by atoms with Gasteiger partial charge in [-0.3, -0.25) is 0 Å². The topological polar surface area (TPSA) is 21.3 Å². The van der Waals surface area contributed by atoms with Crippen molar-refractivity contribution in [1.82, 2.24) is 5.32 Å². The third-order valence-electron chi connectivity index (χ3n) is 3.18. The second-order valence-corrected chi connectivity index (χ2v) is 5.38. The van der Waals surface area contributed by atoms with Crippen molar-refractivity contribution in [3.8, 4) is 5.75 Å². The molecule has 0 bridgehead atoms. The summed E-state index contributed by atoms with van der Waals surface area (Å²) >= 11 is 3.62. The monoisotopic (exact) mass is 319 g/mol. The van der Waals surface area contributed by atoms with Crippen molar-refractivity contribution in [1.29, 1.82) is 0 Å². The zero-order valence-electron chi connectivity index (χ0n) is 11.4. The summed E-state index contributed by atoms with van der Waals surface area (Å²) in [5.74, 6) is 0.867. The van der Waals surface area contributed by atoms with Gasteiger partial charge in [-0.1, -0.05) is 45.8 Å². The number of methoxy groups -OCH3 is 1. The predicted octanol–water partition coefficient (Wildman–Crippen LogP) is 4.07. The highest BCUT2D eigenvalue weighted by Gasteiger charge is 2.15. The van der Waals surface area contributed by atoms with E-state index < -0.39 is 0 Å². The summed E-state index contributed by atoms with van der Waals surface area (Å²) in [6.45, 7) is 2.11. The third kappa shape index (κ3) is 3.17. The van der Waals surface area contributed by atoms with Gasteiger partial charge in [0.15, 0.2) is 0 Å². The van der Waals surface area contributed by atoms with Crippen LogP contribution >= 0.6 is 15.9 Å². The Kier molecular flexibility index (Phi) is 4.61. The van der Waals surface area contributed by atoms with Crippen molar-refractivity contribution in [2.45, 2.75) is 13.0 Å². The Bertz CT molecular complexity index is 568. The van der Waals surface area contributed by atoms with Crippen LogP contribution in [0.1, 0.15) is 22.7 Å². The third-order valence-corrected chi connectivity index (χ3v) is 3.90. The maximum absolute atomic E-state index is 5.32. The highest BCUT2D eigenvalue weighted by atomic mass is 79.9. The van der Waals surface area contributed by atoms with Crippen molar-refractivity contribution in [3.63, 3.8) is 0 Å². The standard InChI is InChI=1S/C16H18BrNO/c1-11-5-4-6-12(9-11)16(18-2)14-10-13(19-3)7-8-15(14)17/h4-10,16,18H,1-3H3. The fraction of sp³-hybridized carbons (Fsp3) is 0.250. The molecule has 2 aromatic rings. The highest BCUT2D eigenvalue weighted by molar-refractivity contribution is 9.10. The molecule has 2 rings (SSSR count). The molecule has 0 aliphatic carbocycles. The van der Waals surface area contributed by atoms with E-state index in [0.717, 1.165) is 10.2 Å². The Labute approximate surface area is 122 Å². The molecule has 0 saturated carbocycles. The van der Waals surface area contributed by atoms with E-state index in [2.05, 4.69) is 58.5 Å². The zero-order valence-corrected chi connectivity index (χ0v) is 13.0. The van der Waals surface area contributed by atoms with Crippen molar-refractivity contribution in [2.75, 3.05) is 14.2 Å². The van der Waals surface area contributed by atoms with Crippen LogP contribution in [-0.2, 0) is 0 Å². The minimum Gasteiger partial charge on any atom is -0.497 e. The Morgan fingerprint density at radius 1 is 1.16 bits per heavy atom. The van der Waals surface area contributed by atoms with Crippen LogP contribution in [0.4, 0.5) is 0 Å². The van der Waals surface area contributed by atoms with Crippen LogP contribution in [-0.4, -0.2) is 14.2 Å². The minimum absolute atomic E-state index is 0.143. The second-order valence-electron chi connectivity index (χ2n) is 4.52. The van der Waals surface area contributed by atoms with Crippen LogP contribution in [0.3, 0.4) is 0 Å². The fourth-order valence-electron chi connectivity index (χ4n) is 2.22. The first-order chi connectivity index (χ1) is 9.15. The lowest BCUT2D eigenvalue weighted by atomic mass is 9.97. The van der Waals surface area contributed by atoms with Crippen LogP contribution < -0.4 is 10.1 Å². The minimum atomic E-state index is 0.143. The molecule has 19 heavy (non-hydrogen) atoms. The molecule has 0 aliphatic heterocycles. The molecule has 0 amide bonds. The molecule has 1 unspecified atom stereocenters. The van der Waals surface area contributed by atoms with Gasteiger partial charge < -0.3 is 10.1 Å². The number of ether oxygens (including phenoxy) is 1. The maximum atomic E-state index is 5.32. The van der Waals surface area contributed by atoms with Gasteiger partial charge in [0.05, 0.1) is 13.2 Å². The average molecular weight is 320 g/mol. The summed E-state index contributed by atoms with van der Waals surface area (Å²) in [6, 6.07) is 14.7. The highest BCUT2D eigenvalue weighted by Crippen LogP contribution is 2.31. The molecule has 2 nitrogen and oxygen atoms in total. The molecule has 1 N–H and O–H groups in total. The molecule has 0 aliphatic rings. The SMILES string of the molecule is CNC(c1cccc(C)c1)c1cc(OC)ccc1Br. The van der Waals surface area contributed by atoms with Crippen LogP contribution in [0.5, 0.6) is 5.75 Å². The molecule has 2 aromatic carbocycles. The first-order valence-electron chi connectivity index (χ1n) is 6.23. The first-order valence-corrected chi connectivity index (χ1v) is 7.02. The van der Waals surface area contributed by atoms with Crippen LogP contribution in [0, 0.1) is 6.92 Å². The van der Waals surface area contributed by atoms with Crippen LogP contribution in [0.2, 0.25) is 0 Å². The number of benzene rings is 2. The Balaban J connectivity index is 2.47. The van der Waals surface area contributed by atoms with E-state index in [4.69, 9.17) is 4.74 Å². The molecule has 3 heteroatoms. The van der Waals surface area contributed by atoms with Crippen molar-refractivity contribution >= 4 is 15.9 Å². The molecule has 100 valence electrons. The predicted molar refractivity (Wildman–Crippen MR) is 82.8 cm³/mol. The summed E-state index contributed by atoms with van der Waals surface area (Å²) in [7, 11) is 3.66. The lowest BCUT2D eigenvalue weighted by Crippen LogP contribution is -2.18. The van der Waals surface area contributed by atoms with E-state index >= 15 is 0 Å². The number of halogens is 1. The molecule has 0 aromatic heterocycles. The molecular weight excluding hydrogens is 302 g/mol. The van der Waals surface area contributed by atoms with Gasteiger partial charge in [-0.2, -0.15) is 0 Å². The summed E-state index contributed by atoms with van der Waals surface area (Å²) in [5.41, 5.74) is 3.68. The largest absolute Gasteiger partial charge is 0.497 e. The van der Waals surface area contributed by atoms with Crippen molar-refractivity contribution < 1.29 is 4.74 Å². The Morgan fingerprint density at radius 3 is 2.58 bits per heavy atom. The molecular formula is C16H18BrNO. The number of nitrogens with one attached hydrogen (secondary N) is 1. The van der Waals surface area contributed by atoms with Gasteiger partial charge in [0.25, 0.3) is 0 Å². The second kappa shape index (κ2) is 6.22.